The Labute approximate surface area is 66.9 Å². The fraction of sp³-hybridized carbons (Fsp3) is 0.444. The summed E-state index contributed by atoms with van der Waals surface area (Å²) in [7, 11) is 0. The van der Waals surface area contributed by atoms with Crippen molar-refractivity contribution in [1.29, 1.82) is 0 Å². The van der Waals surface area contributed by atoms with E-state index in [2.05, 4.69) is 5.92 Å². The lowest BCUT2D eigenvalue weighted by molar-refractivity contribution is -0.139. The number of carbonyl (C=O) groups is 1. The van der Waals surface area contributed by atoms with E-state index in [9.17, 15) is 4.79 Å². The fourth-order valence-corrected chi connectivity index (χ4v) is 0.747. The van der Waals surface area contributed by atoms with E-state index in [4.69, 9.17) is 11.5 Å². The van der Waals surface area contributed by atoms with Crippen LogP contribution < -0.4 is 0 Å². The predicted octanol–water partition coefficient (Wildman–Crippen LogP) is 1.68. The molecule has 0 aromatic heterocycles. The first kappa shape index (κ1) is 9.77. The van der Waals surface area contributed by atoms with Crippen LogP contribution >= 0.6 is 0 Å². The maximum Gasteiger partial charge on any atom is 0.311 e. The second-order valence-corrected chi connectivity index (χ2v) is 2.60. The van der Waals surface area contributed by atoms with E-state index in [1.165, 1.54) is 0 Å². The summed E-state index contributed by atoms with van der Waals surface area (Å²) in [6, 6.07) is 0. The van der Waals surface area contributed by atoms with Crippen molar-refractivity contribution in [2.75, 3.05) is 0 Å². The number of hydrogen-bond donors (Lipinski definition) is 1. The molecule has 0 radical (unpaired) electrons. The number of aliphatic carboxylic acids is 1. The molecular formula is C9H12O2. The Morgan fingerprint density at radius 3 is 2.55 bits per heavy atom. The molecule has 11 heavy (non-hydrogen) atoms. The Morgan fingerprint density at radius 1 is 1.73 bits per heavy atom. The molecule has 0 amide bonds. The highest BCUT2D eigenvalue weighted by Crippen LogP contribution is 2.07. The van der Waals surface area contributed by atoms with Crippen LogP contribution in [0.25, 0.3) is 0 Å². The van der Waals surface area contributed by atoms with Gasteiger partial charge in [0, 0.05) is 6.42 Å². The van der Waals surface area contributed by atoms with E-state index >= 15 is 0 Å². The van der Waals surface area contributed by atoms with Gasteiger partial charge in [0.15, 0.2) is 0 Å². The minimum Gasteiger partial charge on any atom is -0.481 e. The van der Waals surface area contributed by atoms with Crippen LogP contribution in [0.3, 0.4) is 0 Å². The number of hydrogen-bond acceptors (Lipinski definition) is 1. The molecule has 0 aliphatic heterocycles. The zero-order chi connectivity index (χ0) is 8.85. The Morgan fingerprint density at radius 2 is 2.27 bits per heavy atom. The van der Waals surface area contributed by atoms with Crippen molar-refractivity contribution < 1.29 is 9.90 Å². The van der Waals surface area contributed by atoms with Gasteiger partial charge in [-0.2, -0.15) is 0 Å². The van der Waals surface area contributed by atoms with E-state index < -0.39 is 11.9 Å². The van der Waals surface area contributed by atoms with Gasteiger partial charge in [0.05, 0.1) is 5.92 Å². The van der Waals surface area contributed by atoms with Crippen LogP contribution in [-0.4, -0.2) is 11.1 Å². The number of rotatable bonds is 3. The van der Waals surface area contributed by atoms with Gasteiger partial charge in [-0.15, -0.1) is 12.3 Å². The lowest BCUT2D eigenvalue weighted by Crippen LogP contribution is -2.10. The molecule has 2 heteroatoms. The van der Waals surface area contributed by atoms with Crippen LogP contribution in [-0.2, 0) is 4.79 Å². The van der Waals surface area contributed by atoms with Gasteiger partial charge in [0.25, 0.3) is 0 Å². The van der Waals surface area contributed by atoms with Crippen molar-refractivity contribution >= 4 is 5.97 Å². The first-order valence-corrected chi connectivity index (χ1v) is 3.39. The molecule has 1 unspecified atom stereocenters. The molecule has 0 aromatic rings. The number of carboxylic acid groups (broad SMARTS) is 1. The van der Waals surface area contributed by atoms with Crippen molar-refractivity contribution in [3.8, 4) is 12.3 Å². The molecule has 0 rings (SSSR count). The monoisotopic (exact) mass is 152 g/mol. The lowest BCUT2D eigenvalue weighted by atomic mass is 10.0. The summed E-state index contributed by atoms with van der Waals surface area (Å²) in [5.41, 5.74) is 0.979. The molecule has 0 spiro atoms. The molecule has 1 atom stereocenters. The van der Waals surface area contributed by atoms with Gasteiger partial charge in [-0.1, -0.05) is 11.6 Å². The summed E-state index contributed by atoms with van der Waals surface area (Å²) < 4.78 is 0. The summed E-state index contributed by atoms with van der Waals surface area (Å²) in [6.07, 6.45) is 6.93. The number of terminal acetylenes is 1. The second-order valence-electron chi connectivity index (χ2n) is 2.60. The molecule has 0 fully saturated rings. The van der Waals surface area contributed by atoms with Gasteiger partial charge >= 0.3 is 5.97 Å². The average Bonchev–Trinajstić information content (AvgIpc) is 1.86. The molecule has 0 heterocycles. The third-order valence-electron chi connectivity index (χ3n) is 1.19. The fourth-order valence-electron chi connectivity index (χ4n) is 0.747. The van der Waals surface area contributed by atoms with Crippen LogP contribution in [0.15, 0.2) is 11.6 Å². The van der Waals surface area contributed by atoms with Gasteiger partial charge in [0.2, 0.25) is 0 Å². The highest BCUT2D eigenvalue weighted by molar-refractivity contribution is 5.72. The minimum atomic E-state index is -0.857. The van der Waals surface area contributed by atoms with E-state index in [1.54, 1.807) is 6.08 Å². The van der Waals surface area contributed by atoms with Crippen LogP contribution in [0.5, 0.6) is 0 Å². The van der Waals surface area contributed by atoms with Crippen molar-refractivity contribution in [2.24, 2.45) is 5.92 Å². The standard InChI is InChI=1S/C9H12O2/c1-4-5-8(9(10)11)6-7(2)3/h1,6,8H,5H2,2-3H3,(H,10,11). The Bertz CT molecular complexity index is 204. The summed E-state index contributed by atoms with van der Waals surface area (Å²) in [5, 5.41) is 8.61. The Hall–Kier alpha value is -1.23. The average molecular weight is 152 g/mol. The van der Waals surface area contributed by atoms with Crippen LogP contribution in [0.4, 0.5) is 0 Å². The number of allylic oxidation sites excluding steroid dienone is 1. The third-order valence-corrected chi connectivity index (χ3v) is 1.19. The second kappa shape index (κ2) is 4.56. The molecule has 1 N–H and O–H groups in total. The van der Waals surface area contributed by atoms with E-state index in [1.807, 2.05) is 13.8 Å². The van der Waals surface area contributed by atoms with E-state index in [0.717, 1.165) is 5.57 Å². The highest BCUT2D eigenvalue weighted by atomic mass is 16.4. The minimum absolute atomic E-state index is 0.264. The first-order valence-electron chi connectivity index (χ1n) is 3.39. The van der Waals surface area contributed by atoms with E-state index in [-0.39, 0.29) is 6.42 Å². The first-order chi connectivity index (χ1) is 5.07. The molecule has 0 aromatic carbocycles. The molecule has 0 aliphatic rings. The third kappa shape index (κ3) is 4.21. The number of carboxylic acids is 1. The molecule has 0 bridgehead atoms. The van der Waals surface area contributed by atoms with E-state index in [0.29, 0.717) is 0 Å². The molecule has 0 aliphatic carbocycles. The molecule has 60 valence electrons. The van der Waals surface area contributed by atoms with Gasteiger partial charge < -0.3 is 5.11 Å². The van der Waals surface area contributed by atoms with Gasteiger partial charge in [-0.3, -0.25) is 4.79 Å². The summed E-state index contributed by atoms with van der Waals surface area (Å²) >= 11 is 0. The van der Waals surface area contributed by atoms with Crippen molar-refractivity contribution in [3.05, 3.63) is 11.6 Å². The Kier molecular flexibility index (Phi) is 4.05. The maximum atomic E-state index is 10.5. The Balaban J connectivity index is 4.26. The van der Waals surface area contributed by atoms with Crippen LogP contribution in [0.2, 0.25) is 0 Å². The van der Waals surface area contributed by atoms with Gasteiger partial charge in [-0.25, -0.2) is 0 Å². The summed E-state index contributed by atoms with van der Waals surface area (Å²) in [4.78, 5) is 10.5. The largest absolute Gasteiger partial charge is 0.481 e. The zero-order valence-electron chi connectivity index (χ0n) is 6.79. The van der Waals surface area contributed by atoms with Crippen molar-refractivity contribution in [3.63, 3.8) is 0 Å². The molecule has 2 nitrogen and oxygen atoms in total. The quantitative estimate of drug-likeness (QED) is 0.493. The molecule has 0 saturated carbocycles. The summed E-state index contributed by atoms with van der Waals surface area (Å²) in [5.74, 6) is 0.949. The predicted molar refractivity (Wildman–Crippen MR) is 44.0 cm³/mol. The summed E-state index contributed by atoms with van der Waals surface area (Å²) in [6.45, 7) is 3.71. The van der Waals surface area contributed by atoms with Crippen LogP contribution in [0, 0.1) is 18.3 Å². The highest BCUT2D eigenvalue weighted by Gasteiger charge is 2.11. The lowest BCUT2D eigenvalue weighted by Gasteiger charge is -2.02. The topological polar surface area (TPSA) is 37.3 Å². The molecular weight excluding hydrogens is 140 g/mol. The van der Waals surface area contributed by atoms with Crippen molar-refractivity contribution in [2.45, 2.75) is 20.3 Å². The molecule has 0 saturated heterocycles. The van der Waals surface area contributed by atoms with Gasteiger partial charge in [-0.05, 0) is 13.8 Å². The van der Waals surface area contributed by atoms with Crippen LogP contribution in [0.1, 0.15) is 20.3 Å². The zero-order valence-corrected chi connectivity index (χ0v) is 6.79. The smallest absolute Gasteiger partial charge is 0.311 e. The van der Waals surface area contributed by atoms with Gasteiger partial charge in [0.1, 0.15) is 0 Å². The SMILES string of the molecule is C#CCC(C=C(C)C)C(=O)O. The van der Waals surface area contributed by atoms with Crippen molar-refractivity contribution in [1.82, 2.24) is 0 Å². The normalized spacial score (nSPS) is 11.4. The maximum absolute atomic E-state index is 10.5.